The van der Waals surface area contributed by atoms with E-state index in [-0.39, 0.29) is 23.6 Å². The maximum Gasteiger partial charge on any atom is 0.410 e. The summed E-state index contributed by atoms with van der Waals surface area (Å²) in [6.45, 7) is 17.1. The fourth-order valence-corrected chi connectivity index (χ4v) is 8.02. The van der Waals surface area contributed by atoms with E-state index in [2.05, 4.69) is 50.9 Å². The van der Waals surface area contributed by atoms with Crippen molar-refractivity contribution in [3.63, 3.8) is 0 Å². The van der Waals surface area contributed by atoms with Gasteiger partial charge >= 0.3 is 6.09 Å². The Morgan fingerprint density at radius 1 is 1.32 bits per heavy atom. The minimum absolute atomic E-state index is 0.00686. The van der Waals surface area contributed by atoms with Crippen molar-refractivity contribution >= 4 is 19.4 Å². The maximum absolute atomic E-state index is 12.6. The van der Waals surface area contributed by atoms with E-state index in [4.69, 9.17) is 4.74 Å². The Labute approximate surface area is 171 Å². The first kappa shape index (κ1) is 22.7. The highest BCUT2D eigenvalue weighted by Crippen LogP contribution is 2.37. The second-order valence-electron chi connectivity index (χ2n) is 9.58. The van der Waals surface area contributed by atoms with Gasteiger partial charge < -0.3 is 14.7 Å². The predicted molar refractivity (Wildman–Crippen MR) is 119 cm³/mol. The third-order valence-electron chi connectivity index (χ3n) is 6.03. The molecule has 156 valence electrons. The Bertz CT molecular complexity index is 668. The van der Waals surface area contributed by atoms with E-state index in [0.29, 0.717) is 6.54 Å². The monoisotopic (exact) mass is 403 g/mol. The van der Waals surface area contributed by atoms with Crippen LogP contribution in [0.5, 0.6) is 0 Å². The molecule has 1 aromatic carbocycles. The van der Waals surface area contributed by atoms with Crippen LogP contribution in [-0.4, -0.2) is 48.5 Å². The Hall–Kier alpha value is -1.59. The van der Waals surface area contributed by atoms with E-state index in [1.54, 1.807) is 4.90 Å². The molecule has 28 heavy (non-hydrogen) atoms. The molecule has 1 aliphatic rings. The lowest BCUT2D eigenvalue weighted by Crippen LogP contribution is -2.53. The number of carbonyl (C=O) groups is 1. The minimum atomic E-state index is -1.89. The first-order valence-corrected chi connectivity index (χ1v) is 13.4. The summed E-state index contributed by atoms with van der Waals surface area (Å²) in [6, 6.07) is 10.4. The van der Waals surface area contributed by atoms with E-state index >= 15 is 0 Å². The van der Waals surface area contributed by atoms with Crippen LogP contribution in [0.25, 0.3) is 0 Å². The van der Waals surface area contributed by atoms with Crippen molar-refractivity contribution in [3.8, 4) is 0 Å². The van der Waals surface area contributed by atoms with Crippen LogP contribution in [0.1, 0.15) is 40.5 Å². The standard InChI is InChI=1S/C23H37NO3Si/c1-8-20(28(6,7)18-13-10-9-11-14-18)17(2)21(25)19-15-12-16-24(19)22(26)27-23(3,4)5/h8-11,13-14,17,19-21,25H,1,12,15-16H2,2-7H3/t17?,19-,20?,21?/m1/s1. The van der Waals surface area contributed by atoms with E-state index in [0.717, 1.165) is 12.8 Å². The third kappa shape index (κ3) is 5.06. The van der Waals surface area contributed by atoms with Crippen molar-refractivity contribution in [1.82, 2.24) is 4.90 Å². The molecule has 2 rings (SSSR count). The maximum atomic E-state index is 12.6. The molecular formula is C23H37NO3Si. The van der Waals surface area contributed by atoms with Crippen molar-refractivity contribution in [2.45, 2.75) is 76.9 Å². The summed E-state index contributed by atoms with van der Waals surface area (Å²) in [6.07, 6.45) is 2.79. The fraction of sp³-hybridized carbons (Fsp3) is 0.609. The Morgan fingerprint density at radius 3 is 2.46 bits per heavy atom. The van der Waals surface area contributed by atoms with Crippen molar-refractivity contribution in [1.29, 1.82) is 0 Å². The molecule has 1 amide bonds. The van der Waals surface area contributed by atoms with Gasteiger partial charge in [-0.25, -0.2) is 4.79 Å². The number of hydrogen-bond acceptors (Lipinski definition) is 3. The lowest BCUT2D eigenvalue weighted by molar-refractivity contribution is -0.00531. The summed E-state index contributed by atoms with van der Waals surface area (Å²) in [4.78, 5) is 14.4. The normalized spacial score (nSPS) is 21.1. The zero-order valence-corrected chi connectivity index (χ0v) is 19.3. The number of amides is 1. The van der Waals surface area contributed by atoms with Crippen LogP contribution in [0.3, 0.4) is 0 Å². The van der Waals surface area contributed by atoms with E-state index in [9.17, 15) is 9.90 Å². The minimum Gasteiger partial charge on any atom is -0.444 e. The van der Waals surface area contributed by atoms with Crippen molar-refractivity contribution in [2.24, 2.45) is 5.92 Å². The molecule has 1 heterocycles. The van der Waals surface area contributed by atoms with Gasteiger partial charge in [-0.3, -0.25) is 0 Å². The topological polar surface area (TPSA) is 49.8 Å². The first-order valence-electron chi connectivity index (χ1n) is 10.3. The first-order chi connectivity index (χ1) is 13.0. The molecule has 0 radical (unpaired) electrons. The van der Waals surface area contributed by atoms with Gasteiger partial charge in [0, 0.05) is 6.54 Å². The molecule has 1 fully saturated rings. The summed E-state index contributed by atoms with van der Waals surface area (Å²) in [5.74, 6) is 0.00686. The lowest BCUT2D eigenvalue weighted by atomic mass is 9.93. The van der Waals surface area contributed by atoms with Gasteiger partial charge in [-0.1, -0.05) is 61.6 Å². The summed E-state index contributed by atoms with van der Waals surface area (Å²) < 4.78 is 5.57. The molecule has 0 aliphatic carbocycles. The van der Waals surface area contributed by atoms with Gasteiger partial charge in [-0.2, -0.15) is 0 Å². The number of allylic oxidation sites excluding steroid dienone is 1. The molecule has 1 aromatic rings. The molecule has 3 unspecified atom stereocenters. The molecule has 1 N–H and O–H groups in total. The van der Waals surface area contributed by atoms with Crippen LogP contribution in [0.15, 0.2) is 43.0 Å². The van der Waals surface area contributed by atoms with Gasteiger partial charge in [-0.15, -0.1) is 6.58 Å². The number of carbonyl (C=O) groups excluding carboxylic acids is 1. The number of benzene rings is 1. The van der Waals surface area contributed by atoms with Gasteiger partial charge in [0.1, 0.15) is 5.60 Å². The fourth-order valence-electron chi connectivity index (χ4n) is 4.48. The molecule has 1 saturated heterocycles. The third-order valence-corrected chi connectivity index (χ3v) is 10.3. The number of hydrogen-bond donors (Lipinski definition) is 1. The zero-order chi connectivity index (χ0) is 21.1. The zero-order valence-electron chi connectivity index (χ0n) is 18.3. The number of ether oxygens (including phenoxy) is 1. The van der Waals surface area contributed by atoms with E-state index < -0.39 is 19.8 Å². The number of rotatable bonds is 6. The summed E-state index contributed by atoms with van der Waals surface area (Å²) in [5, 5.41) is 12.6. The number of nitrogens with zero attached hydrogens (tertiary/aromatic N) is 1. The van der Waals surface area contributed by atoms with Crippen LogP contribution in [0.4, 0.5) is 4.79 Å². The Morgan fingerprint density at radius 2 is 1.93 bits per heavy atom. The largest absolute Gasteiger partial charge is 0.444 e. The SMILES string of the molecule is C=CC(C(C)C(O)[C@H]1CCCN1C(=O)OC(C)(C)C)[Si](C)(C)c1ccccc1. The highest BCUT2D eigenvalue weighted by molar-refractivity contribution is 6.91. The second-order valence-corrected chi connectivity index (χ2v) is 14.3. The van der Waals surface area contributed by atoms with E-state index in [1.165, 1.54) is 5.19 Å². The van der Waals surface area contributed by atoms with Gasteiger partial charge in [0.25, 0.3) is 0 Å². The Balaban J connectivity index is 2.20. The molecule has 5 heteroatoms. The van der Waals surface area contributed by atoms with Crippen LogP contribution in [0, 0.1) is 5.92 Å². The van der Waals surface area contributed by atoms with Gasteiger partial charge in [0.05, 0.1) is 20.2 Å². The number of aliphatic hydroxyl groups excluding tert-OH is 1. The van der Waals surface area contributed by atoms with Gasteiger partial charge in [-0.05, 0) is 45.1 Å². The summed E-state index contributed by atoms with van der Waals surface area (Å²) >= 11 is 0. The van der Waals surface area contributed by atoms with Gasteiger partial charge in [0.2, 0.25) is 0 Å². The average molecular weight is 404 g/mol. The van der Waals surface area contributed by atoms with Crippen molar-refractivity contribution < 1.29 is 14.6 Å². The molecule has 0 bridgehead atoms. The summed E-state index contributed by atoms with van der Waals surface area (Å²) in [5.41, 5.74) is -0.335. The molecule has 4 atom stereocenters. The molecule has 0 aromatic heterocycles. The smallest absolute Gasteiger partial charge is 0.410 e. The molecule has 4 nitrogen and oxygen atoms in total. The van der Waals surface area contributed by atoms with Crippen LogP contribution >= 0.6 is 0 Å². The Kier molecular flexibility index (Phi) is 7.15. The lowest BCUT2D eigenvalue weighted by Gasteiger charge is -2.40. The highest BCUT2D eigenvalue weighted by Gasteiger charge is 2.43. The number of aliphatic hydroxyl groups is 1. The highest BCUT2D eigenvalue weighted by atomic mass is 28.3. The second kappa shape index (κ2) is 8.83. The quantitative estimate of drug-likeness (QED) is 0.560. The molecule has 0 saturated carbocycles. The summed E-state index contributed by atoms with van der Waals surface area (Å²) in [7, 11) is -1.89. The molecule has 1 aliphatic heterocycles. The van der Waals surface area contributed by atoms with Crippen molar-refractivity contribution in [2.75, 3.05) is 6.54 Å². The van der Waals surface area contributed by atoms with Gasteiger partial charge in [0.15, 0.2) is 0 Å². The van der Waals surface area contributed by atoms with Crippen LogP contribution in [-0.2, 0) is 4.74 Å². The van der Waals surface area contributed by atoms with E-state index in [1.807, 2.05) is 32.9 Å². The molecule has 0 spiro atoms. The van der Waals surface area contributed by atoms with Crippen molar-refractivity contribution in [3.05, 3.63) is 43.0 Å². The van der Waals surface area contributed by atoms with Crippen LogP contribution < -0.4 is 5.19 Å². The van der Waals surface area contributed by atoms with Crippen LogP contribution in [0.2, 0.25) is 18.6 Å². The molecular weight excluding hydrogens is 366 g/mol. The predicted octanol–water partition coefficient (Wildman–Crippen LogP) is 4.55. The number of likely N-dealkylation sites (tertiary alicyclic amines) is 1. The average Bonchev–Trinajstić information content (AvgIpc) is 3.10.